The minimum absolute atomic E-state index is 0. The Morgan fingerprint density at radius 2 is 2.06 bits per heavy atom. The quantitative estimate of drug-likeness (QED) is 0.925. The van der Waals surface area contributed by atoms with Crippen molar-refractivity contribution >= 4 is 28.3 Å². The molecule has 2 unspecified atom stereocenters. The molecule has 1 heterocycles. The molecule has 3 nitrogen and oxygen atoms in total. The van der Waals surface area contributed by atoms with Crippen LogP contribution < -0.4 is 10.1 Å². The van der Waals surface area contributed by atoms with Gasteiger partial charge in [0.15, 0.2) is 11.6 Å². The second-order valence-corrected chi connectivity index (χ2v) is 4.49. The van der Waals surface area contributed by atoms with E-state index in [9.17, 15) is 4.39 Å². The fraction of sp³-hybridized carbons (Fsp3) is 0.455. The van der Waals surface area contributed by atoms with E-state index in [-0.39, 0.29) is 36.2 Å². The third kappa shape index (κ3) is 3.31. The number of benzene rings is 1. The molecule has 17 heavy (non-hydrogen) atoms. The number of rotatable bonds is 3. The van der Waals surface area contributed by atoms with Gasteiger partial charge in [-0.05, 0) is 28.1 Å². The Balaban J connectivity index is 0.00000144. The van der Waals surface area contributed by atoms with Crippen molar-refractivity contribution < 1.29 is 13.9 Å². The second-order valence-electron chi connectivity index (χ2n) is 3.64. The van der Waals surface area contributed by atoms with E-state index in [1.807, 2.05) is 0 Å². The molecule has 1 saturated heterocycles. The van der Waals surface area contributed by atoms with Crippen LogP contribution in [0.1, 0.15) is 0 Å². The minimum atomic E-state index is -0.371. The molecule has 0 saturated carbocycles. The standard InChI is InChI=1S/C11H13BrFNO2.ClH/c1-15-9-5-14-6-10(9)16-8-4-2-3-7(12)11(8)13;/h2-4,9-10,14H,5-6H2,1H3;1H. The van der Waals surface area contributed by atoms with Gasteiger partial charge in [0.1, 0.15) is 12.2 Å². The predicted octanol–water partition coefficient (Wildman–Crippen LogP) is 2.38. The van der Waals surface area contributed by atoms with Crippen molar-refractivity contribution in [1.29, 1.82) is 0 Å². The number of hydrogen-bond donors (Lipinski definition) is 1. The van der Waals surface area contributed by atoms with Crippen molar-refractivity contribution in [2.24, 2.45) is 0 Å². The highest BCUT2D eigenvalue weighted by Crippen LogP contribution is 2.26. The highest BCUT2D eigenvalue weighted by Gasteiger charge is 2.29. The third-order valence-corrected chi connectivity index (χ3v) is 3.22. The summed E-state index contributed by atoms with van der Waals surface area (Å²) in [7, 11) is 1.63. The first-order chi connectivity index (χ1) is 7.72. The van der Waals surface area contributed by atoms with E-state index in [0.717, 1.165) is 6.54 Å². The number of hydrogen-bond acceptors (Lipinski definition) is 3. The SMILES string of the molecule is COC1CNCC1Oc1cccc(Br)c1F.Cl. The maximum absolute atomic E-state index is 13.7. The summed E-state index contributed by atoms with van der Waals surface area (Å²) in [5.41, 5.74) is 0. The Labute approximate surface area is 114 Å². The average Bonchev–Trinajstić information content (AvgIpc) is 2.72. The van der Waals surface area contributed by atoms with Crippen LogP contribution in [0.5, 0.6) is 5.75 Å². The molecule has 1 fully saturated rings. The Bertz CT molecular complexity index is 380. The molecule has 1 aliphatic rings. The summed E-state index contributed by atoms with van der Waals surface area (Å²) >= 11 is 3.13. The Morgan fingerprint density at radius 3 is 2.76 bits per heavy atom. The van der Waals surface area contributed by atoms with Crippen molar-refractivity contribution in [1.82, 2.24) is 5.32 Å². The maximum Gasteiger partial charge on any atom is 0.179 e. The van der Waals surface area contributed by atoms with Gasteiger partial charge in [0.05, 0.1) is 4.47 Å². The van der Waals surface area contributed by atoms with Gasteiger partial charge in [-0.2, -0.15) is 0 Å². The summed E-state index contributed by atoms with van der Waals surface area (Å²) in [6, 6.07) is 5.00. The molecular weight excluding hydrogens is 312 g/mol. The zero-order valence-electron chi connectivity index (χ0n) is 9.28. The van der Waals surface area contributed by atoms with E-state index in [4.69, 9.17) is 9.47 Å². The van der Waals surface area contributed by atoms with Crippen LogP contribution in [-0.2, 0) is 4.74 Å². The van der Waals surface area contributed by atoms with Gasteiger partial charge in [-0.1, -0.05) is 6.07 Å². The van der Waals surface area contributed by atoms with Crippen molar-refractivity contribution in [3.8, 4) is 5.75 Å². The maximum atomic E-state index is 13.7. The second kappa shape index (κ2) is 6.54. The van der Waals surface area contributed by atoms with Crippen molar-refractivity contribution in [2.45, 2.75) is 12.2 Å². The Kier molecular flexibility index (Phi) is 5.66. The molecule has 0 spiro atoms. The minimum Gasteiger partial charge on any atom is -0.483 e. The van der Waals surface area contributed by atoms with Gasteiger partial charge < -0.3 is 14.8 Å². The van der Waals surface area contributed by atoms with E-state index in [2.05, 4.69) is 21.2 Å². The molecule has 96 valence electrons. The first-order valence-electron chi connectivity index (χ1n) is 5.06. The van der Waals surface area contributed by atoms with Gasteiger partial charge in [-0.3, -0.25) is 0 Å². The van der Waals surface area contributed by atoms with E-state index in [1.54, 1.807) is 25.3 Å². The molecule has 0 radical (unpaired) electrons. The molecule has 1 aromatic rings. The lowest BCUT2D eigenvalue weighted by atomic mass is 10.2. The fourth-order valence-corrected chi connectivity index (χ4v) is 2.07. The van der Waals surface area contributed by atoms with E-state index in [1.165, 1.54) is 0 Å². The lowest BCUT2D eigenvalue weighted by molar-refractivity contribution is 0.0328. The molecular formula is C11H14BrClFNO2. The normalized spacial score (nSPS) is 23.2. The topological polar surface area (TPSA) is 30.5 Å². The molecule has 6 heteroatoms. The lowest BCUT2D eigenvalue weighted by Crippen LogP contribution is -2.31. The molecule has 1 N–H and O–H groups in total. The van der Waals surface area contributed by atoms with Crippen LogP contribution in [0.4, 0.5) is 4.39 Å². The van der Waals surface area contributed by atoms with E-state index in [0.29, 0.717) is 11.0 Å². The summed E-state index contributed by atoms with van der Waals surface area (Å²) < 4.78 is 24.9. The lowest BCUT2D eigenvalue weighted by Gasteiger charge is -2.19. The molecule has 2 rings (SSSR count). The van der Waals surface area contributed by atoms with E-state index < -0.39 is 0 Å². The molecule has 0 aliphatic carbocycles. The van der Waals surface area contributed by atoms with Crippen LogP contribution in [0, 0.1) is 5.82 Å². The third-order valence-electron chi connectivity index (χ3n) is 2.60. The Morgan fingerprint density at radius 1 is 1.35 bits per heavy atom. The van der Waals surface area contributed by atoms with Crippen LogP contribution in [0.3, 0.4) is 0 Å². The number of methoxy groups -OCH3 is 1. The van der Waals surface area contributed by atoms with Crippen LogP contribution >= 0.6 is 28.3 Å². The van der Waals surface area contributed by atoms with Crippen molar-refractivity contribution in [2.75, 3.05) is 20.2 Å². The summed E-state index contributed by atoms with van der Waals surface area (Å²) in [5.74, 6) is -0.116. The summed E-state index contributed by atoms with van der Waals surface area (Å²) in [5, 5.41) is 3.14. The molecule has 0 amide bonds. The number of ether oxygens (including phenoxy) is 2. The first kappa shape index (κ1) is 14.7. The van der Waals surface area contributed by atoms with Gasteiger partial charge in [-0.25, -0.2) is 4.39 Å². The molecule has 0 aromatic heterocycles. The number of halogens is 3. The molecule has 0 bridgehead atoms. The largest absolute Gasteiger partial charge is 0.483 e. The van der Waals surface area contributed by atoms with Crippen LogP contribution in [0.2, 0.25) is 0 Å². The van der Waals surface area contributed by atoms with Gasteiger partial charge in [0, 0.05) is 20.2 Å². The molecule has 1 aliphatic heterocycles. The summed E-state index contributed by atoms with van der Waals surface area (Å²) in [6.07, 6.45) is -0.174. The smallest absolute Gasteiger partial charge is 0.179 e. The van der Waals surface area contributed by atoms with Crippen LogP contribution in [-0.4, -0.2) is 32.4 Å². The van der Waals surface area contributed by atoms with Gasteiger partial charge >= 0.3 is 0 Å². The zero-order valence-corrected chi connectivity index (χ0v) is 11.7. The Hall–Kier alpha value is -0.360. The van der Waals surface area contributed by atoms with Gasteiger partial charge in [0.25, 0.3) is 0 Å². The van der Waals surface area contributed by atoms with Crippen LogP contribution in [0.25, 0.3) is 0 Å². The summed E-state index contributed by atoms with van der Waals surface area (Å²) in [6.45, 7) is 1.40. The average molecular weight is 327 g/mol. The predicted molar refractivity (Wildman–Crippen MR) is 69.4 cm³/mol. The number of nitrogens with one attached hydrogen (secondary N) is 1. The van der Waals surface area contributed by atoms with Crippen molar-refractivity contribution in [3.63, 3.8) is 0 Å². The highest BCUT2D eigenvalue weighted by molar-refractivity contribution is 9.10. The van der Waals surface area contributed by atoms with Crippen LogP contribution in [0.15, 0.2) is 22.7 Å². The van der Waals surface area contributed by atoms with Crippen molar-refractivity contribution in [3.05, 3.63) is 28.5 Å². The van der Waals surface area contributed by atoms with E-state index >= 15 is 0 Å². The van der Waals surface area contributed by atoms with Gasteiger partial charge in [0.2, 0.25) is 0 Å². The summed E-state index contributed by atoms with van der Waals surface area (Å²) in [4.78, 5) is 0. The van der Waals surface area contributed by atoms with Gasteiger partial charge in [-0.15, -0.1) is 12.4 Å². The molecule has 2 atom stereocenters. The zero-order chi connectivity index (χ0) is 11.5. The monoisotopic (exact) mass is 325 g/mol. The first-order valence-corrected chi connectivity index (χ1v) is 5.86. The molecule has 1 aromatic carbocycles. The fourth-order valence-electron chi connectivity index (χ4n) is 1.72. The highest BCUT2D eigenvalue weighted by atomic mass is 79.9.